The van der Waals surface area contributed by atoms with Gasteiger partial charge in [0.25, 0.3) is 5.91 Å². The monoisotopic (exact) mass is 407 g/mol. The molecule has 1 atom stereocenters. The van der Waals surface area contributed by atoms with Gasteiger partial charge in [-0.3, -0.25) is 14.5 Å². The number of thiazole rings is 1. The number of rotatable bonds is 3. The highest BCUT2D eigenvalue weighted by molar-refractivity contribution is 7.18. The lowest BCUT2D eigenvalue weighted by atomic mass is 10.0. The van der Waals surface area contributed by atoms with E-state index in [9.17, 15) is 9.59 Å². The Kier molecular flexibility index (Phi) is 4.67. The molecule has 1 saturated heterocycles. The summed E-state index contributed by atoms with van der Waals surface area (Å²) in [5, 5.41) is 0.980. The highest BCUT2D eigenvalue weighted by atomic mass is 32.1. The molecule has 2 aromatic carbocycles. The second-order valence-electron chi connectivity index (χ2n) is 7.35. The molecule has 2 amide bonds. The van der Waals surface area contributed by atoms with Crippen LogP contribution < -0.4 is 9.64 Å². The van der Waals surface area contributed by atoms with Gasteiger partial charge in [-0.25, -0.2) is 4.98 Å². The molecule has 1 unspecified atom stereocenters. The van der Waals surface area contributed by atoms with Gasteiger partial charge in [-0.05, 0) is 43.5 Å². The van der Waals surface area contributed by atoms with Gasteiger partial charge in [-0.1, -0.05) is 24.3 Å². The van der Waals surface area contributed by atoms with Crippen LogP contribution in [0.3, 0.4) is 0 Å². The van der Waals surface area contributed by atoms with Crippen LogP contribution in [0.2, 0.25) is 0 Å². The van der Waals surface area contributed by atoms with E-state index in [0.29, 0.717) is 18.0 Å². The van der Waals surface area contributed by atoms with E-state index in [4.69, 9.17) is 9.72 Å². The van der Waals surface area contributed by atoms with Gasteiger partial charge in [0.1, 0.15) is 17.3 Å². The molecule has 6 nitrogen and oxygen atoms in total. The van der Waals surface area contributed by atoms with E-state index in [1.807, 2.05) is 47.4 Å². The molecule has 0 spiro atoms. The third-order valence-electron chi connectivity index (χ3n) is 5.52. The molecule has 0 bridgehead atoms. The van der Waals surface area contributed by atoms with E-state index < -0.39 is 0 Å². The van der Waals surface area contributed by atoms with Gasteiger partial charge in [0, 0.05) is 6.54 Å². The number of carbonyl (C=O) groups excluding carboxylic acids is 2. The van der Waals surface area contributed by atoms with E-state index >= 15 is 0 Å². The lowest BCUT2D eigenvalue weighted by Crippen LogP contribution is -2.48. The fourth-order valence-corrected chi connectivity index (χ4v) is 5.19. The summed E-state index contributed by atoms with van der Waals surface area (Å²) in [6, 6.07) is 15.4. The quantitative estimate of drug-likeness (QED) is 0.663. The Balaban J connectivity index is 1.41. The number of likely N-dealkylation sites (tertiary alicyclic amines) is 1. The number of aromatic nitrogens is 1. The van der Waals surface area contributed by atoms with Crippen LogP contribution in [0.25, 0.3) is 10.2 Å². The minimum Gasteiger partial charge on any atom is -0.482 e. The number of hydrogen-bond acceptors (Lipinski definition) is 5. The summed E-state index contributed by atoms with van der Waals surface area (Å²) in [6.07, 6.45) is 2.95. The number of fused-ring (bicyclic) bond motifs is 2. The largest absolute Gasteiger partial charge is 0.482 e. The van der Waals surface area contributed by atoms with Crippen LogP contribution in [0.4, 0.5) is 5.69 Å². The number of para-hydroxylation sites is 3. The van der Waals surface area contributed by atoms with Crippen molar-refractivity contribution in [1.29, 1.82) is 0 Å². The Bertz CT molecular complexity index is 1050. The highest BCUT2D eigenvalue weighted by Crippen LogP contribution is 2.36. The van der Waals surface area contributed by atoms with Crippen LogP contribution in [0.15, 0.2) is 48.5 Å². The zero-order valence-corrected chi connectivity index (χ0v) is 16.7. The number of carbonyl (C=O) groups is 2. The number of ether oxygens (including phenoxy) is 1. The summed E-state index contributed by atoms with van der Waals surface area (Å²) in [5.74, 6) is 0.408. The minimum atomic E-state index is -0.189. The third kappa shape index (κ3) is 3.35. The average molecular weight is 407 g/mol. The normalized spacial score (nSPS) is 19.2. The lowest BCUT2D eigenvalue weighted by Gasteiger charge is -2.37. The van der Waals surface area contributed by atoms with E-state index in [1.54, 1.807) is 16.2 Å². The van der Waals surface area contributed by atoms with Crippen LogP contribution in [0.1, 0.15) is 30.3 Å². The molecule has 0 N–H and O–H groups in total. The second kappa shape index (κ2) is 7.48. The summed E-state index contributed by atoms with van der Waals surface area (Å²) in [5.41, 5.74) is 1.63. The average Bonchev–Trinajstić information content (AvgIpc) is 3.20. The molecule has 7 heteroatoms. The van der Waals surface area contributed by atoms with Gasteiger partial charge in [-0.2, -0.15) is 0 Å². The van der Waals surface area contributed by atoms with Crippen LogP contribution in [-0.2, 0) is 9.59 Å². The zero-order valence-electron chi connectivity index (χ0n) is 15.9. The molecule has 1 aromatic heterocycles. The maximum absolute atomic E-state index is 13.3. The number of hydrogen-bond donors (Lipinski definition) is 0. The number of anilines is 1. The van der Waals surface area contributed by atoms with Gasteiger partial charge in [0.2, 0.25) is 5.91 Å². The highest BCUT2D eigenvalue weighted by Gasteiger charge is 2.34. The number of amides is 2. The smallest absolute Gasteiger partial charge is 0.265 e. The molecule has 0 radical (unpaired) electrons. The summed E-state index contributed by atoms with van der Waals surface area (Å²) in [4.78, 5) is 34.0. The summed E-state index contributed by atoms with van der Waals surface area (Å²) in [7, 11) is 0. The molecule has 2 aliphatic heterocycles. The Labute approximate surface area is 172 Å². The van der Waals surface area contributed by atoms with Crippen molar-refractivity contribution >= 4 is 39.1 Å². The molecular weight excluding hydrogens is 386 g/mol. The first-order valence-electron chi connectivity index (χ1n) is 9.88. The summed E-state index contributed by atoms with van der Waals surface area (Å²) >= 11 is 1.65. The first-order valence-corrected chi connectivity index (χ1v) is 10.7. The van der Waals surface area contributed by atoms with Crippen molar-refractivity contribution in [3.05, 3.63) is 53.5 Å². The SMILES string of the molecule is O=C1COc2ccccc2N1CC(=O)N1CCCCC1c1nc2ccccc2s1. The Morgan fingerprint density at radius 1 is 1.14 bits per heavy atom. The maximum atomic E-state index is 13.3. The van der Waals surface area contributed by atoms with Gasteiger partial charge < -0.3 is 9.64 Å². The predicted molar refractivity (Wildman–Crippen MR) is 112 cm³/mol. The Morgan fingerprint density at radius 2 is 1.97 bits per heavy atom. The van der Waals surface area contributed by atoms with Crippen molar-refractivity contribution in [3.63, 3.8) is 0 Å². The predicted octanol–water partition coefficient (Wildman–Crippen LogP) is 3.78. The molecule has 5 rings (SSSR count). The van der Waals surface area contributed by atoms with Gasteiger partial charge in [0.05, 0.1) is 21.9 Å². The Hall–Kier alpha value is -2.93. The topological polar surface area (TPSA) is 62.7 Å². The first-order chi connectivity index (χ1) is 14.2. The van der Waals surface area contributed by atoms with Crippen LogP contribution in [0.5, 0.6) is 5.75 Å². The van der Waals surface area contributed by atoms with Gasteiger partial charge in [0.15, 0.2) is 6.61 Å². The van der Waals surface area contributed by atoms with E-state index in [0.717, 1.165) is 34.5 Å². The molecule has 0 aliphatic carbocycles. The van der Waals surface area contributed by atoms with Crippen molar-refractivity contribution in [2.75, 3.05) is 24.6 Å². The van der Waals surface area contributed by atoms with Crippen LogP contribution in [-0.4, -0.2) is 41.4 Å². The van der Waals surface area contributed by atoms with E-state index in [2.05, 4.69) is 6.07 Å². The van der Waals surface area contributed by atoms with Gasteiger partial charge >= 0.3 is 0 Å². The van der Waals surface area contributed by atoms with Crippen molar-refractivity contribution in [3.8, 4) is 5.75 Å². The molecule has 3 heterocycles. The number of piperidine rings is 1. The molecule has 29 heavy (non-hydrogen) atoms. The van der Waals surface area contributed by atoms with Crippen LogP contribution in [0, 0.1) is 0 Å². The van der Waals surface area contributed by atoms with Crippen molar-refractivity contribution in [2.45, 2.75) is 25.3 Å². The van der Waals surface area contributed by atoms with Crippen molar-refractivity contribution < 1.29 is 14.3 Å². The van der Waals surface area contributed by atoms with Crippen molar-refractivity contribution in [1.82, 2.24) is 9.88 Å². The molecule has 148 valence electrons. The number of nitrogens with zero attached hydrogens (tertiary/aromatic N) is 3. The molecule has 1 fully saturated rings. The minimum absolute atomic E-state index is 0.0277. The summed E-state index contributed by atoms with van der Waals surface area (Å²) < 4.78 is 6.63. The lowest BCUT2D eigenvalue weighted by molar-refractivity contribution is -0.135. The van der Waals surface area contributed by atoms with Crippen molar-refractivity contribution in [2.24, 2.45) is 0 Å². The first kappa shape index (κ1) is 18.1. The molecule has 0 saturated carbocycles. The number of benzene rings is 2. The van der Waals surface area contributed by atoms with E-state index in [1.165, 1.54) is 0 Å². The maximum Gasteiger partial charge on any atom is 0.265 e. The fourth-order valence-electron chi connectivity index (χ4n) is 4.07. The zero-order chi connectivity index (χ0) is 19.8. The second-order valence-corrected chi connectivity index (χ2v) is 8.42. The standard InChI is InChI=1S/C22H21N3O3S/c26-20(13-25-16-8-2-3-10-18(16)28-14-21(25)27)24-12-6-5-9-17(24)22-23-15-7-1-4-11-19(15)29-22/h1-4,7-8,10-11,17H,5-6,9,12-14H2. The van der Waals surface area contributed by atoms with Gasteiger partial charge in [-0.15, -0.1) is 11.3 Å². The van der Waals surface area contributed by atoms with Crippen LogP contribution >= 0.6 is 11.3 Å². The summed E-state index contributed by atoms with van der Waals surface area (Å²) in [6.45, 7) is 0.686. The molecule has 3 aromatic rings. The van der Waals surface area contributed by atoms with E-state index in [-0.39, 0.29) is 31.0 Å². The third-order valence-corrected chi connectivity index (χ3v) is 6.66. The molecular formula is C22H21N3O3S. The fraction of sp³-hybridized carbons (Fsp3) is 0.318. The Morgan fingerprint density at radius 3 is 2.86 bits per heavy atom. The molecule has 2 aliphatic rings.